The van der Waals surface area contributed by atoms with E-state index in [1.54, 1.807) is 6.07 Å². The van der Waals surface area contributed by atoms with Crippen molar-refractivity contribution in [3.05, 3.63) is 48.5 Å². The van der Waals surface area contributed by atoms with Crippen LogP contribution >= 0.6 is 12.6 Å². The van der Waals surface area contributed by atoms with Crippen molar-refractivity contribution in [2.45, 2.75) is 4.90 Å². The van der Waals surface area contributed by atoms with E-state index < -0.39 is 0 Å². The van der Waals surface area contributed by atoms with Crippen LogP contribution in [0.1, 0.15) is 0 Å². The fourth-order valence-electron chi connectivity index (χ4n) is 2.00. The Hall–Kier alpha value is -1.67. The lowest BCUT2D eigenvalue weighted by molar-refractivity contribution is 0.481. The molecule has 1 nitrogen and oxygen atoms in total. The maximum atomic E-state index is 9.82. The number of thiol groups is 1. The van der Waals surface area contributed by atoms with Gasteiger partial charge in [-0.2, -0.15) is 0 Å². The number of fused-ring (bicyclic) bond motifs is 2. The molecule has 0 saturated heterocycles. The highest BCUT2D eigenvalue weighted by Crippen LogP contribution is 2.32. The average molecular weight is 226 g/mol. The molecule has 0 spiro atoms. The lowest BCUT2D eigenvalue weighted by atomic mass is 10.0. The van der Waals surface area contributed by atoms with Crippen molar-refractivity contribution in [1.29, 1.82) is 0 Å². The van der Waals surface area contributed by atoms with Gasteiger partial charge in [0.1, 0.15) is 5.75 Å². The van der Waals surface area contributed by atoms with E-state index in [4.69, 9.17) is 0 Å². The summed E-state index contributed by atoms with van der Waals surface area (Å²) in [6, 6.07) is 15.7. The minimum atomic E-state index is 0.304. The van der Waals surface area contributed by atoms with Gasteiger partial charge < -0.3 is 5.11 Å². The number of hydrogen-bond acceptors (Lipinski definition) is 2. The molecule has 0 heterocycles. The molecular weight excluding hydrogens is 216 g/mol. The first-order valence-electron chi connectivity index (χ1n) is 5.09. The molecule has 0 radical (unpaired) electrons. The summed E-state index contributed by atoms with van der Waals surface area (Å²) in [4.78, 5) is 0.888. The minimum absolute atomic E-state index is 0.304. The Kier molecular flexibility index (Phi) is 2.04. The Morgan fingerprint density at radius 1 is 0.812 bits per heavy atom. The van der Waals surface area contributed by atoms with Gasteiger partial charge in [0, 0.05) is 10.3 Å². The highest BCUT2D eigenvalue weighted by atomic mass is 32.1. The standard InChI is InChI=1S/C14H10OS/c15-13-5-6-14(16)12-8-10-4-2-1-3-9(10)7-11(12)13/h1-8,15-16H. The van der Waals surface area contributed by atoms with Crippen LogP contribution in [0.4, 0.5) is 0 Å². The number of hydrogen-bond donors (Lipinski definition) is 2. The number of aromatic hydroxyl groups is 1. The molecule has 3 aromatic rings. The Morgan fingerprint density at radius 3 is 2.12 bits per heavy atom. The fraction of sp³-hybridized carbons (Fsp3) is 0. The van der Waals surface area contributed by atoms with Crippen molar-refractivity contribution in [3.8, 4) is 5.75 Å². The summed E-state index contributed by atoms with van der Waals surface area (Å²) in [7, 11) is 0. The highest BCUT2D eigenvalue weighted by molar-refractivity contribution is 7.80. The van der Waals surface area contributed by atoms with Gasteiger partial charge in [-0.3, -0.25) is 0 Å². The van der Waals surface area contributed by atoms with Gasteiger partial charge in [0.15, 0.2) is 0 Å². The van der Waals surface area contributed by atoms with Gasteiger partial charge in [0.2, 0.25) is 0 Å². The van der Waals surface area contributed by atoms with Gasteiger partial charge in [-0.05, 0) is 40.4 Å². The van der Waals surface area contributed by atoms with Crippen molar-refractivity contribution in [2.24, 2.45) is 0 Å². The van der Waals surface area contributed by atoms with Gasteiger partial charge in [0.25, 0.3) is 0 Å². The van der Waals surface area contributed by atoms with Gasteiger partial charge in [-0.1, -0.05) is 24.3 Å². The molecular formula is C14H10OS. The number of phenols is 1. The number of phenolic OH excluding ortho intramolecular Hbond substituents is 1. The van der Waals surface area contributed by atoms with Gasteiger partial charge in [-0.15, -0.1) is 12.6 Å². The van der Waals surface area contributed by atoms with Crippen LogP contribution in [-0.4, -0.2) is 5.11 Å². The summed E-state index contributed by atoms with van der Waals surface area (Å²) < 4.78 is 0. The van der Waals surface area contributed by atoms with Crippen LogP contribution in [0.5, 0.6) is 5.75 Å². The van der Waals surface area contributed by atoms with Crippen LogP contribution in [0, 0.1) is 0 Å². The summed E-state index contributed by atoms with van der Waals surface area (Å²) in [5, 5.41) is 14.0. The second kappa shape index (κ2) is 3.42. The molecule has 3 rings (SSSR count). The molecule has 3 aromatic carbocycles. The molecule has 0 bridgehead atoms. The third-order valence-corrected chi connectivity index (χ3v) is 3.23. The van der Waals surface area contributed by atoms with Crippen LogP contribution in [0.25, 0.3) is 21.5 Å². The van der Waals surface area contributed by atoms with E-state index in [1.165, 1.54) is 0 Å². The van der Waals surface area contributed by atoms with Gasteiger partial charge >= 0.3 is 0 Å². The van der Waals surface area contributed by atoms with Crippen LogP contribution in [0.15, 0.2) is 53.4 Å². The molecule has 0 unspecified atom stereocenters. The summed E-state index contributed by atoms with van der Waals surface area (Å²) in [6.07, 6.45) is 0. The molecule has 2 heteroatoms. The largest absolute Gasteiger partial charge is 0.507 e. The molecule has 0 fully saturated rings. The van der Waals surface area contributed by atoms with Gasteiger partial charge in [-0.25, -0.2) is 0 Å². The first-order valence-corrected chi connectivity index (χ1v) is 5.54. The Labute approximate surface area is 98.7 Å². The van der Waals surface area contributed by atoms with Crippen LogP contribution in [-0.2, 0) is 0 Å². The maximum absolute atomic E-state index is 9.82. The van der Waals surface area contributed by atoms with Gasteiger partial charge in [0.05, 0.1) is 0 Å². The van der Waals surface area contributed by atoms with Crippen LogP contribution < -0.4 is 0 Å². The lowest BCUT2D eigenvalue weighted by Gasteiger charge is -2.06. The molecule has 0 atom stereocenters. The molecule has 0 aromatic heterocycles. The topological polar surface area (TPSA) is 20.2 Å². The maximum Gasteiger partial charge on any atom is 0.123 e. The SMILES string of the molecule is Oc1ccc(S)c2cc3ccccc3cc12. The van der Waals surface area contributed by atoms with E-state index in [0.29, 0.717) is 5.75 Å². The molecule has 0 saturated carbocycles. The summed E-state index contributed by atoms with van der Waals surface area (Å²) >= 11 is 4.41. The second-order valence-corrected chi connectivity index (χ2v) is 4.33. The zero-order valence-corrected chi connectivity index (χ0v) is 9.41. The zero-order valence-electron chi connectivity index (χ0n) is 8.51. The van der Waals surface area contributed by atoms with Crippen molar-refractivity contribution in [2.75, 3.05) is 0 Å². The molecule has 78 valence electrons. The van der Waals surface area contributed by atoms with Crippen molar-refractivity contribution in [3.63, 3.8) is 0 Å². The van der Waals surface area contributed by atoms with E-state index in [9.17, 15) is 5.11 Å². The third kappa shape index (κ3) is 1.34. The first-order chi connectivity index (χ1) is 7.75. The predicted molar refractivity (Wildman–Crippen MR) is 70.4 cm³/mol. The molecule has 16 heavy (non-hydrogen) atoms. The highest BCUT2D eigenvalue weighted by Gasteiger charge is 2.04. The van der Waals surface area contributed by atoms with E-state index in [1.807, 2.05) is 30.3 Å². The number of benzene rings is 3. The van der Waals surface area contributed by atoms with E-state index >= 15 is 0 Å². The number of rotatable bonds is 0. The van der Waals surface area contributed by atoms with Crippen molar-refractivity contribution >= 4 is 34.2 Å². The summed E-state index contributed by atoms with van der Waals surface area (Å²) in [6.45, 7) is 0. The van der Waals surface area contributed by atoms with Crippen LogP contribution in [0.3, 0.4) is 0 Å². The molecule has 0 amide bonds. The summed E-state index contributed by atoms with van der Waals surface area (Å²) in [5.41, 5.74) is 0. The molecule has 0 aliphatic rings. The summed E-state index contributed by atoms with van der Waals surface area (Å²) in [5.74, 6) is 0.304. The van der Waals surface area contributed by atoms with E-state index in [-0.39, 0.29) is 0 Å². The van der Waals surface area contributed by atoms with Crippen LogP contribution in [0.2, 0.25) is 0 Å². The monoisotopic (exact) mass is 226 g/mol. The van der Waals surface area contributed by atoms with E-state index in [2.05, 4.69) is 24.8 Å². The quantitative estimate of drug-likeness (QED) is 0.438. The third-order valence-electron chi connectivity index (χ3n) is 2.84. The molecule has 0 aliphatic heterocycles. The average Bonchev–Trinajstić information content (AvgIpc) is 2.32. The zero-order chi connectivity index (χ0) is 11.1. The minimum Gasteiger partial charge on any atom is -0.507 e. The Morgan fingerprint density at radius 2 is 1.44 bits per heavy atom. The Balaban J connectivity index is 2.56. The molecule has 0 aliphatic carbocycles. The first kappa shape index (κ1) is 9.55. The lowest BCUT2D eigenvalue weighted by Crippen LogP contribution is -1.79. The predicted octanol–water partition coefficient (Wildman–Crippen LogP) is 3.99. The molecule has 1 N–H and O–H groups in total. The smallest absolute Gasteiger partial charge is 0.123 e. The van der Waals surface area contributed by atoms with Crippen molar-refractivity contribution in [1.82, 2.24) is 0 Å². The second-order valence-electron chi connectivity index (χ2n) is 3.85. The van der Waals surface area contributed by atoms with E-state index in [0.717, 1.165) is 26.4 Å². The fourth-order valence-corrected chi connectivity index (χ4v) is 2.26. The van der Waals surface area contributed by atoms with Crippen molar-refractivity contribution < 1.29 is 5.11 Å². The Bertz CT molecular complexity index is 629. The normalized spacial score (nSPS) is 11.1.